The van der Waals surface area contributed by atoms with E-state index in [-0.39, 0.29) is 0 Å². The molecule has 48 valence electrons. The van der Waals surface area contributed by atoms with Crippen molar-refractivity contribution in [3.8, 4) is 11.8 Å². The largest absolute Gasteiger partial charge is 0.133 e. The monoisotopic (exact) mass is 120 g/mol. The normalized spacial score (nSPS) is 10.4. The van der Waals surface area contributed by atoms with E-state index in [1.807, 2.05) is 13.0 Å². The van der Waals surface area contributed by atoms with Crippen molar-refractivity contribution in [1.82, 2.24) is 0 Å². The third kappa shape index (κ3) is 4.94. The van der Waals surface area contributed by atoms with E-state index in [4.69, 9.17) is 0 Å². The van der Waals surface area contributed by atoms with E-state index in [0.29, 0.717) is 5.92 Å². The highest BCUT2D eigenvalue weighted by Gasteiger charge is 1.89. The van der Waals surface area contributed by atoms with Crippen molar-refractivity contribution in [1.29, 1.82) is 0 Å². The third-order valence-corrected chi connectivity index (χ3v) is 1.01. The Hall–Kier alpha value is -0.920. The summed E-state index contributed by atoms with van der Waals surface area (Å²) in [6.45, 7) is 7.41. The molecule has 1 unspecified atom stereocenters. The van der Waals surface area contributed by atoms with Crippen LogP contribution in [0.25, 0.3) is 0 Å². The molecule has 0 aliphatic rings. The molecule has 0 radical (unpaired) electrons. The predicted molar refractivity (Wildman–Crippen MR) is 40.9 cm³/mol. The SMILES string of the molecule is C=C=CCC(C)C#CC. The predicted octanol–water partition coefficient (Wildman–Crippen LogP) is 2.38. The Bertz CT molecular complexity index is 160. The summed E-state index contributed by atoms with van der Waals surface area (Å²) in [6, 6.07) is 0. The molecule has 9 heavy (non-hydrogen) atoms. The maximum absolute atomic E-state index is 3.46. The molecule has 0 saturated heterocycles. The molecule has 0 aliphatic heterocycles. The minimum atomic E-state index is 0.448. The Morgan fingerprint density at radius 3 is 2.78 bits per heavy atom. The molecule has 0 saturated carbocycles. The van der Waals surface area contributed by atoms with E-state index in [0.717, 1.165) is 6.42 Å². The first-order valence-electron chi connectivity index (χ1n) is 3.07. The van der Waals surface area contributed by atoms with Gasteiger partial charge in [0.25, 0.3) is 0 Å². The molecule has 0 heterocycles. The number of allylic oxidation sites excluding steroid dienone is 1. The molecule has 0 aromatic rings. The van der Waals surface area contributed by atoms with E-state index in [2.05, 4.69) is 31.1 Å². The fourth-order valence-corrected chi connectivity index (χ4v) is 0.565. The summed E-state index contributed by atoms with van der Waals surface area (Å²) < 4.78 is 0. The quantitative estimate of drug-likeness (QED) is 0.387. The van der Waals surface area contributed by atoms with Gasteiger partial charge in [-0.05, 0) is 19.4 Å². The van der Waals surface area contributed by atoms with Crippen LogP contribution in [0.2, 0.25) is 0 Å². The van der Waals surface area contributed by atoms with E-state index in [9.17, 15) is 0 Å². The maximum atomic E-state index is 3.46. The van der Waals surface area contributed by atoms with Crippen molar-refractivity contribution < 1.29 is 0 Å². The Labute approximate surface area is 57.3 Å². The van der Waals surface area contributed by atoms with Gasteiger partial charge in [0, 0.05) is 5.92 Å². The van der Waals surface area contributed by atoms with E-state index in [1.165, 1.54) is 0 Å². The zero-order valence-corrected chi connectivity index (χ0v) is 6.07. The second-order valence-corrected chi connectivity index (χ2v) is 1.94. The molecular formula is C9H12. The Morgan fingerprint density at radius 1 is 1.67 bits per heavy atom. The van der Waals surface area contributed by atoms with Gasteiger partial charge in [0.05, 0.1) is 0 Å². The summed E-state index contributed by atoms with van der Waals surface area (Å²) in [5.41, 5.74) is 2.71. The van der Waals surface area contributed by atoms with Crippen LogP contribution in [0.1, 0.15) is 20.3 Å². The maximum Gasteiger partial charge on any atom is 0.0215 e. The Morgan fingerprint density at radius 2 is 2.33 bits per heavy atom. The minimum absolute atomic E-state index is 0.448. The van der Waals surface area contributed by atoms with Crippen LogP contribution in [0.5, 0.6) is 0 Å². The first kappa shape index (κ1) is 8.08. The molecule has 0 fully saturated rings. The fraction of sp³-hybridized carbons (Fsp3) is 0.444. The van der Waals surface area contributed by atoms with Gasteiger partial charge >= 0.3 is 0 Å². The van der Waals surface area contributed by atoms with Gasteiger partial charge in [0.1, 0.15) is 0 Å². The molecule has 0 nitrogen and oxygen atoms in total. The van der Waals surface area contributed by atoms with Gasteiger partial charge < -0.3 is 0 Å². The van der Waals surface area contributed by atoms with Crippen LogP contribution < -0.4 is 0 Å². The van der Waals surface area contributed by atoms with Gasteiger partial charge in [-0.25, -0.2) is 0 Å². The molecular weight excluding hydrogens is 108 g/mol. The third-order valence-electron chi connectivity index (χ3n) is 1.01. The molecule has 0 aromatic heterocycles. The van der Waals surface area contributed by atoms with Crippen molar-refractivity contribution in [3.63, 3.8) is 0 Å². The highest BCUT2D eigenvalue weighted by Crippen LogP contribution is 1.98. The Kier molecular flexibility index (Phi) is 4.69. The summed E-state index contributed by atoms with van der Waals surface area (Å²) in [4.78, 5) is 0. The highest BCUT2D eigenvalue weighted by atomic mass is 13.9. The summed E-state index contributed by atoms with van der Waals surface area (Å²) in [5, 5.41) is 0. The zero-order chi connectivity index (χ0) is 7.11. The fourth-order valence-electron chi connectivity index (χ4n) is 0.565. The first-order valence-corrected chi connectivity index (χ1v) is 3.07. The molecule has 1 atom stereocenters. The van der Waals surface area contributed by atoms with Crippen LogP contribution in [0.15, 0.2) is 18.4 Å². The standard InChI is InChI=1S/C9H12/c1-4-6-8-9(3)7-5-2/h6,9H,1,8H2,2-3H3. The van der Waals surface area contributed by atoms with Crippen LogP contribution in [-0.2, 0) is 0 Å². The van der Waals surface area contributed by atoms with Crippen molar-refractivity contribution in [2.75, 3.05) is 0 Å². The summed E-state index contributed by atoms with van der Waals surface area (Å²) >= 11 is 0. The van der Waals surface area contributed by atoms with E-state index in [1.54, 1.807) is 0 Å². The zero-order valence-electron chi connectivity index (χ0n) is 6.07. The van der Waals surface area contributed by atoms with Gasteiger partial charge in [-0.2, -0.15) is 0 Å². The summed E-state index contributed by atoms with van der Waals surface area (Å²) in [6.07, 6.45) is 2.87. The number of hydrogen-bond donors (Lipinski definition) is 0. The van der Waals surface area contributed by atoms with Crippen molar-refractivity contribution in [3.05, 3.63) is 18.4 Å². The average molecular weight is 120 g/mol. The molecule has 0 spiro atoms. The first-order chi connectivity index (χ1) is 4.31. The van der Waals surface area contributed by atoms with E-state index >= 15 is 0 Å². The highest BCUT2D eigenvalue weighted by molar-refractivity contribution is 5.01. The second-order valence-electron chi connectivity index (χ2n) is 1.94. The van der Waals surface area contributed by atoms with Crippen molar-refractivity contribution >= 4 is 0 Å². The molecule has 0 rings (SSSR count). The van der Waals surface area contributed by atoms with Crippen molar-refractivity contribution in [2.45, 2.75) is 20.3 Å². The lowest BCUT2D eigenvalue weighted by molar-refractivity contribution is 0.773. The summed E-state index contributed by atoms with van der Waals surface area (Å²) in [5.74, 6) is 6.34. The lowest BCUT2D eigenvalue weighted by Gasteiger charge is -1.93. The van der Waals surface area contributed by atoms with Gasteiger partial charge in [0.2, 0.25) is 0 Å². The van der Waals surface area contributed by atoms with Crippen LogP contribution in [-0.4, -0.2) is 0 Å². The lowest BCUT2D eigenvalue weighted by Crippen LogP contribution is -1.84. The summed E-state index contributed by atoms with van der Waals surface area (Å²) in [7, 11) is 0. The van der Waals surface area contributed by atoms with Gasteiger partial charge in [-0.15, -0.1) is 17.6 Å². The molecule has 0 bridgehead atoms. The second kappa shape index (κ2) is 5.22. The molecule has 0 aliphatic carbocycles. The molecule has 0 N–H and O–H groups in total. The molecule has 0 amide bonds. The van der Waals surface area contributed by atoms with Crippen LogP contribution in [0, 0.1) is 17.8 Å². The topological polar surface area (TPSA) is 0 Å². The molecule has 0 aromatic carbocycles. The van der Waals surface area contributed by atoms with Gasteiger partial charge in [0.15, 0.2) is 0 Å². The smallest absolute Gasteiger partial charge is 0.0215 e. The minimum Gasteiger partial charge on any atom is -0.133 e. The van der Waals surface area contributed by atoms with E-state index < -0.39 is 0 Å². The average Bonchev–Trinajstić information content (AvgIpc) is 1.85. The van der Waals surface area contributed by atoms with Crippen LogP contribution >= 0.6 is 0 Å². The van der Waals surface area contributed by atoms with Crippen LogP contribution in [0.4, 0.5) is 0 Å². The van der Waals surface area contributed by atoms with Gasteiger partial charge in [-0.1, -0.05) is 13.5 Å². The van der Waals surface area contributed by atoms with Crippen molar-refractivity contribution in [2.24, 2.45) is 5.92 Å². The Balaban J connectivity index is 3.58. The van der Waals surface area contributed by atoms with Gasteiger partial charge in [-0.3, -0.25) is 0 Å². The number of hydrogen-bond acceptors (Lipinski definition) is 0. The lowest BCUT2D eigenvalue weighted by atomic mass is 10.1. The van der Waals surface area contributed by atoms with Crippen LogP contribution in [0.3, 0.4) is 0 Å². The number of rotatable bonds is 2. The molecule has 0 heteroatoms.